The van der Waals surface area contributed by atoms with Crippen LogP contribution >= 0.6 is 0 Å². The maximum absolute atomic E-state index is 13.0. The van der Waals surface area contributed by atoms with Crippen molar-refractivity contribution < 1.29 is 19.1 Å². The molecule has 1 aliphatic rings. The van der Waals surface area contributed by atoms with Crippen LogP contribution in [0.2, 0.25) is 0 Å². The Morgan fingerprint density at radius 1 is 1.00 bits per heavy atom. The molecule has 1 aromatic heterocycles. The third kappa shape index (κ3) is 3.54. The molecule has 1 aliphatic heterocycles. The van der Waals surface area contributed by atoms with Crippen molar-refractivity contribution in [2.75, 3.05) is 0 Å². The molecule has 1 amide bonds. The van der Waals surface area contributed by atoms with Gasteiger partial charge in [-0.05, 0) is 29.2 Å². The van der Waals surface area contributed by atoms with E-state index >= 15 is 0 Å². The van der Waals surface area contributed by atoms with Crippen molar-refractivity contribution in [2.45, 2.75) is 32.4 Å². The molecular formula is C25H23NO4. The van der Waals surface area contributed by atoms with Gasteiger partial charge >= 0.3 is 0 Å². The number of aliphatic hydroxyl groups is 1. The third-order valence-electron chi connectivity index (χ3n) is 5.41. The zero-order chi connectivity index (χ0) is 21.3. The Hall–Kier alpha value is -3.60. The number of carbonyl (C=O) groups is 2. The van der Waals surface area contributed by atoms with Gasteiger partial charge in [-0.15, -0.1) is 0 Å². The van der Waals surface area contributed by atoms with Crippen LogP contribution < -0.4 is 0 Å². The summed E-state index contributed by atoms with van der Waals surface area (Å²) in [5, 5.41) is 11.0. The molecule has 5 nitrogen and oxygen atoms in total. The monoisotopic (exact) mass is 401 g/mol. The van der Waals surface area contributed by atoms with Gasteiger partial charge < -0.3 is 14.4 Å². The molecule has 0 aliphatic carbocycles. The molecule has 4 rings (SSSR count). The van der Waals surface area contributed by atoms with Crippen LogP contribution in [-0.4, -0.2) is 21.7 Å². The van der Waals surface area contributed by atoms with E-state index in [-0.39, 0.29) is 17.9 Å². The van der Waals surface area contributed by atoms with E-state index in [0.29, 0.717) is 17.2 Å². The Morgan fingerprint density at radius 3 is 2.30 bits per heavy atom. The Morgan fingerprint density at radius 2 is 1.70 bits per heavy atom. The summed E-state index contributed by atoms with van der Waals surface area (Å²) in [5.41, 5.74) is 2.51. The van der Waals surface area contributed by atoms with Gasteiger partial charge in [-0.25, -0.2) is 0 Å². The lowest BCUT2D eigenvalue weighted by Crippen LogP contribution is -2.29. The van der Waals surface area contributed by atoms with E-state index in [1.165, 1.54) is 11.2 Å². The molecule has 1 N–H and O–H groups in total. The van der Waals surface area contributed by atoms with Gasteiger partial charge in [-0.2, -0.15) is 0 Å². The maximum Gasteiger partial charge on any atom is 0.296 e. The van der Waals surface area contributed by atoms with Gasteiger partial charge in [0.25, 0.3) is 11.7 Å². The van der Waals surface area contributed by atoms with Crippen LogP contribution in [-0.2, 0) is 16.1 Å². The molecule has 1 fully saturated rings. The van der Waals surface area contributed by atoms with Crippen LogP contribution in [0.15, 0.2) is 83.0 Å². The molecule has 5 heteroatoms. The quantitative estimate of drug-likeness (QED) is 0.370. The van der Waals surface area contributed by atoms with Crippen molar-refractivity contribution in [3.63, 3.8) is 0 Å². The molecule has 0 spiro atoms. The SMILES string of the molecule is CC(C)c1ccc([C@H]2/C(=C(\O)c3ccccc3)C(=O)C(=O)N2Cc2ccco2)cc1. The van der Waals surface area contributed by atoms with Crippen molar-refractivity contribution in [3.05, 3.63) is 101 Å². The number of rotatable bonds is 5. The summed E-state index contributed by atoms with van der Waals surface area (Å²) < 4.78 is 5.41. The fourth-order valence-corrected chi connectivity index (χ4v) is 3.77. The number of nitrogens with zero attached hydrogens (tertiary/aromatic N) is 1. The second-order valence-corrected chi connectivity index (χ2v) is 7.69. The van der Waals surface area contributed by atoms with Crippen LogP contribution in [0.3, 0.4) is 0 Å². The second kappa shape index (κ2) is 8.03. The molecule has 1 atom stereocenters. The summed E-state index contributed by atoms with van der Waals surface area (Å²) in [6, 6.07) is 19.4. The van der Waals surface area contributed by atoms with Gasteiger partial charge in [0.1, 0.15) is 11.5 Å². The fraction of sp³-hybridized carbons (Fsp3) is 0.200. The summed E-state index contributed by atoms with van der Waals surface area (Å²) in [6.07, 6.45) is 1.53. The predicted molar refractivity (Wildman–Crippen MR) is 114 cm³/mol. The molecular weight excluding hydrogens is 378 g/mol. The molecule has 0 bridgehead atoms. The average Bonchev–Trinajstić information content (AvgIpc) is 3.36. The first-order valence-corrected chi connectivity index (χ1v) is 9.93. The summed E-state index contributed by atoms with van der Waals surface area (Å²) in [7, 11) is 0. The standard InChI is InChI=1S/C25H23NO4/c1-16(2)17-10-12-18(13-11-17)22-21(23(27)19-7-4-3-5-8-19)24(28)25(29)26(22)15-20-9-6-14-30-20/h3-14,16,22,27H,15H2,1-2H3/b23-21+/t22-/m0/s1. The topological polar surface area (TPSA) is 70.8 Å². The minimum Gasteiger partial charge on any atom is -0.507 e. The van der Waals surface area contributed by atoms with Gasteiger partial charge in [0.05, 0.1) is 24.4 Å². The highest BCUT2D eigenvalue weighted by atomic mass is 16.3. The molecule has 1 saturated heterocycles. The van der Waals surface area contributed by atoms with Crippen LogP contribution in [0.25, 0.3) is 5.76 Å². The Labute approximate surface area is 175 Å². The number of ketones is 1. The first kappa shape index (κ1) is 19.7. The number of Topliss-reactive ketones (excluding diaryl/α,β-unsaturated/α-hetero) is 1. The lowest BCUT2D eigenvalue weighted by Gasteiger charge is -2.25. The second-order valence-electron chi connectivity index (χ2n) is 7.69. The zero-order valence-electron chi connectivity index (χ0n) is 16.9. The average molecular weight is 401 g/mol. The first-order chi connectivity index (χ1) is 14.5. The Bertz CT molecular complexity index is 1080. The van der Waals surface area contributed by atoms with E-state index in [1.54, 1.807) is 36.4 Å². The molecule has 3 aromatic rings. The molecule has 0 radical (unpaired) electrons. The summed E-state index contributed by atoms with van der Waals surface area (Å²) in [6.45, 7) is 4.35. The minimum absolute atomic E-state index is 0.0926. The Balaban J connectivity index is 1.85. The molecule has 152 valence electrons. The highest BCUT2D eigenvalue weighted by Gasteiger charge is 2.46. The lowest BCUT2D eigenvalue weighted by atomic mass is 9.93. The third-order valence-corrected chi connectivity index (χ3v) is 5.41. The van der Waals surface area contributed by atoms with Crippen molar-refractivity contribution in [2.24, 2.45) is 0 Å². The van der Waals surface area contributed by atoms with E-state index in [0.717, 1.165) is 11.1 Å². The number of hydrogen-bond acceptors (Lipinski definition) is 4. The zero-order valence-corrected chi connectivity index (χ0v) is 16.9. The number of likely N-dealkylation sites (tertiary alicyclic amines) is 1. The predicted octanol–water partition coefficient (Wildman–Crippen LogP) is 5.02. The summed E-state index contributed by atoms with van der Waals surface area (Å²) in [5.74, 6) is -0.588. The van der Waals surface area contributed by atoms with E-state index in [4.69, 9.17) is 4.42 Å². The molecule has 0 saturated carbocycles. The minimum atomic E-state index is -0.698. The number of hydrogen-bond donors (Lipinski definition) is 1. The summed E-state index contributed by atoms with van der Waals surface area (Å²) >= 11 is 0. The van der Waals surface area contributed by atoms with Crippen molar-refractivity contribution in [1.82, 2.24) is 4.90 Å². The molecule has 2 heterocycles. The van der Waals surface area contributed by atoms with Crippen LogP contribution in [0, 0.1) is 0 Å². The summed E-state index contributed by atoms with van der Waals surface area (Å²) in [4.78, 5) is 27.4. The van der Waals surface area contributed by atoms with Gasteiger partial charge in [-0.1, -0.05) is 68.4 Å². The normalized spacial score (nSPS) is 18.4. The highest BCUT2D eigenvalue weighted by Crippen LogP contribution is 2.40. The van der Waals surface area contributed by atoms with Gasteiger partial charge in [-0.3, -0.25) is 9.59 Å². The van der Waals surface area contributed by atoms with E-state index < -0.39 is 17.7 Å². The smallest absolute Gasteiger partial charge is 0.296 e. The Kier molecular flexibility index (Phi) is 5.27. The van der Waals surface area contributed by atoms with Crippen molar-refractivity contribution >= 4 is 17.4 Å². The van der Waals surface area contributed by atoms with E-state index in [2.05, 4.69) is 13.8 Å². The van der Waals surface area contributed by atoms with Crippen molar-refractivity contribution in [3.8, 4) is 0 Å². The number of benzene rings is 2. The van der Waals surface area contributed by atoms with Crippen LogP contribution in [0.4, 0.5) is 0 Å². The van der Waals surface area contributed by atoms with Gasteiger partial charge in [0.2, 0.25) is 0 Å². The molecule has 30 heavy (non-hydrogen) atoms. The fourth-order valence-electron chi connectivity index (χ4n) is 3.77. The van der Waals surface area contributed by atoms with Crippen molar-refractivity contribution in [1.29, 1.82) is 0 Å². The number of furan rings is 1. The number of carbonyl (C=O) groups excluding carboxylic acids is 2. The van der Waals surface area contributed by atoms with E-state index in [1.807, 2.05) is 30.3 Å². The highest BCUT2D eigenvalue weighted by molar-refractivity contribution is 6.46. The number of amides is 1. The lowest BCUT2D eigenvalue weighted by molar-refractivity contribution is -0.140. The van der Waals surface area contributed by atoms with Crippen LogP contribution in [0.1, 0.15) is 48.3 Å². The largest absolute Gasteiger partial charge is 0.507 e. The van der Waals surface area contributed by atoms with Gasteiger partial charge in [0.15, 0.2) is 0 Å². The van der Waals surface area contributed by atoms with Crippen LogP contribution in [0.5, 0.6) is 0 Å². The molecule has 0 unspecified atom stereocenters. The number of aliphatic hydroxyl groups excluding tert-OH is 1. The maximum atomic E-state index is 13.0. The van der Waals surface area contributed by atoms with E-state index in [9.17, 15) is 14.7 Å². The first-order valence-electron chi connectivity index (χ1n) is 9.93. The molecule has 2 aromatic carbocycles. The van der Waals surface area contributed by atoms with Gasteiger partial charge in [0, 0.05) is 5.56 Å².